The minimum Gasteiger partial charge on any atom is -0.371 e. The number of rotatable bonds is 6. The summed E-state index contributed by atoms with van der Waals surface area (Å²) in [6.07, 6.45) is 3.17. The summed E-state index contributed by atoms with van der Waals surface area (Å²) in [6.45, 7) is 8.05. The fourth-order valence-corrected chi connectivity index (χ4v) is 4.65. The molecule has 2 amide bonds. The van der Waals surface area contributed by atoms with Crippen LogP contribution in [-0.4, -0.2) is 49.7 Å². The number of hydrogen-bond donors (Lipinski definition) is 2. The largest absolute Gasteiger partial charge is 0.371 e. The summed E-state index contributed by atoms with van der Waals surface area (Å²) < 4.78 is 0. The first kappa shape index (κ1) is 20.7. The lowest BCUT2D eigenvalue weighted by Gasteiger charge is -2.32. The van der Waals surface area contributed by atoms with Crippen LogP contribution in [0, 0.1) is 12.8 Å². The normalized spacial score (nSPS) is 20.3. The minimum absolute atomic E-state index is 0.00899. The van der Waals surface area contributed by atoms with Gasteiger partial charge in [-0.1, -0.05) is 48.0 Å². The van der Waals surface area contributed by atoms with Crippen LogP contribution in [0.4, 0.5) is 10.5 Å². The van der Waals surface area contributed by atoms with Crippen LogP contribution in [0.25, 0.3) is 0 Å². The molecule has 2 aromatic carbocycles. The third-order valence-electron chi connectivity index (χ3n) is 6.37. The molecule has 2 N–H and O–H groups in total. The molecule has 0 radical (unpaired) electrons. The Balaban J connectivity index is 1.13. The molecule has 160 valence electrons. The molecular weight excluding hydrogens is 372 g/mol. The lowest BCUT2D eigenvalue weighted by atomic mass is 10.0. The van der Waals surface area contributed by atoms with Gasteiger partial charge in [-0.3, -0.25) is 4.90 Å². The first-order chi connectivity index (χ1) is 14.7. The van der Waals surface area contributed by atoms with Gasteiger partial charge in [-0.05, 0) is 49.8 Å². The second-order valence-corrected chi connectivity index (χ2v) is 8.83. The van der Waals surface area contributed by atoms with Gasteiger partial charge in [0.15, 0.2) is 0 Å². The van der Waals surface area contributed by atoms with Gasteiger partial charge in [0, 0.05) is 51.0 Å². The Kier molecular flexibility index (Phi) is 6.90. The summed E-state index contributed by atoms with van der Waals surface area (Å²) in [7, 11) is 0. The number of urea groups is 1. The summed E-state index contributed by atoms with van der Waals surface area (Å²) >= 11 is 0. The number of aryl methyl sites for hydroxylation is 1. The SMILES string of the molecule is Cc1cccc(CN2CCC(NC(=O)NC[C@H]3CCN(c4ccccc4)C3)CC2)c1. The smallest absolute Gasteiger partial charge is 0.315 e. The van der Waals surface area contributed by atoms with Crippen molar-refractivity contribution >= 4 is 11.7 Å². The lowest BCUT2D eigenvalue weighted by molar-refractivity contribution is 0.186. The van der Waals surface area contributed by atoms with Crippen LogP contribution >= 0.6 is 0 Å². The Labute approximate surface area is 180 Å². The number of likely N-dealkylation sites (tertiary alicyclic amines) is 1. The number of benzene rings is 2. The lowest BCUT2D eigenvalue weighted by Crippen LogP contribution is -2.48. The number of carbonyl (C=O) groups excluding carboxylic acids is 1. The summed E-state index contributed by atoms with van der Waals surface area (Å²) in [5.74, 6) is 0.520. The van der Waals surface area contributed by atoms with Crippen molar-refractivity contribution in [2.45, 2.75) is 38.8 Å². The third-order valence-corrected chi connectivity index (χ3v) is 6.37. The van der Waals surface area contributed by atoms with E-state index >= 15 is 0 Å². The average molecular weight is 407 g/mol. The Morgan fingerprint density at radius 3 is 2.57 bits per heavy atom. The van der Waals surface area contributed by atoms with E-state index in [9.17, 15) is 4.79 Å². The number of anilines is 1. The molecule has 0 unspecified atom stereocenters. The predicted molar refractivity (Wildman–Crippen MR) is 123 cm³/mol. The van der Waals surface area contributed by atoms with Crippen molar-refractivity contribution in [2.24, 2.45) is 5.92 Å². The van der Waals surface area contributed by atoms with Crippen LogP contribution in [0.2, 0.25) is 0 Å². The van der Waals surface area contributed by atoms with Crippen LogP contribution in [0.15, 0.2) is 54.6 Å². The molecule has 1 atom stereocenters. The maximum absolute atomic E-state index is 12.4. The van der Waals surface area contributed by atoms with Gasteiger partial charge < -0.3 is 15.5 Å². The van der Waals surface area contributed by atoms with E-state index in [1.807, 2.05) is 0 Å². The number of piperidine rings is 1. The van der Waals surface area contributed by atoms with Crippen LogP contribution in [0.1, 0.15) is 30.4 Å². The summed E-state index contributed by atoms with van der Waals surface area (Å²) in [6, 6.07) is 19.6. The molecule has 2 aromatic rings. The van der Waals surface area contributed by atoms with Gasteiger partial charge in [-0.25, -0.2) is 4.79 Å². The highest BCUT2D eigenvalue weighted by Gasteiger charge is 2.24. The van der Waals surface area contributed by atoms with Crippen molar-refractivity contribution in [1.82, 2.24) is 15.5 Å². The van der Waals surface area contributed by atoms with E-state index in [1.54, 1.807) is 0 Å². The Bertz CT molecular complexity index is 817. The van der Waals surface area contributed by atoms with Crippen molar-refractivity contribution in [3.05, 3.63) is 65.7 Å². The van der Waals surface area contributed by atoms with Crippen LogP contribution in [-0.2, 0) is 6.54 Å². The van der Waals surface area contributed by atoms with Crippen molar-refractivity contribution in [2.75, 3.05) is 37.6 Å². The molecule has 4 rings (SSSR count). The van der Waals surface area contributed by atoms with E-state index < -0.39 is 0 Å². The highest BCUT2D eigenvalue weighted by Crippen LogP contribution is 2.23. The molecule has 0 bridgehead atoms. The van der Waals surface area contributed by atoms with Gasteiger partial charge in [0.2, 0.25) is 0 Å². The summed E-state index contributed by atoms with van der Waals surface area (Å²) in [4.78, 5) is 17.3. The predicted octanol–water partition coefficient (Wildman–Crippen LogP) is 3.79. The van der Waals surface area contributed by atoms with Crippen molar-refractivity contribution < 1.29 is 4.79 Å². The van der Waals surface area contributed by atoms with Crippen LogP contribution < -0.4 is 15.5 Å². The summed E-state index contributed by atoms with van der Waals surface area (Å²) in [5, 5.41) is 6.30. The molecule has 2 aliphatic heterocycles. The second kappa shape index (κ2) is 9.98. The first-order valence-electron chi connectivity index (χ1n) is 11.3. The van der Waals surface area contributed by atoms with E-state index in [2.05, 4.69) is 82.0 Å². The fourth-order valence-electron chi connectivity index (χ4n) is 4.65. The zero-order valence-electron chi connectivity index (χ0n) is 18.0. The molecule has 2 saturated heterocycles. The van der Waals surface area contributed by atoms with Gasteiger partial charge in [0.1, 0.15) is 0 Å². The topological polar surface area (TPSA) is 47.6 Å². The van der Waals surface area contributed by atoms with Crippen LogP contribution in [0.5, 0.6) is 0 Å². The quantitative estimate of drug-likeness (QED) is 0.767. The van der Waals surface area contributed by atoms with Crippen molar-refractivity contribution in [3.63, 3.8) is 0 Å². The Morgan fingerprint density at radius 2 is 1.80 bits per heavy atom. The highest BCUT2D eigenvalue weighted by atomic mass is 16.2. The molecule has 0 aliphatic carbocycles. The van der Waals surface area contributed by atoms with Gasteiger partial charge in [0.25, 0.3) is 0 Å². The maximum atomic E-state index is 12.4. The molecule has 2 heterocycles. The van der Waals surface area contributed by atoms with Crippen molar-refractivity contribution in [1.29, 1.82) is 0 Å². The summed E-state index contributed by atoms with van der Waals surface area (Å²) in [5.41, 5.74) is 3.97. The van der Waals surface area contributed by atoms with Crippen molar-refractivity contribution in [3.8, 4) is 0 Å². The Hall–Kier alpha value is -2.53. The number of nitrogens with one attached hydrogen (secondary N) is 2. The van der Waals surface area contributed by atoms with Gasteiger partial charge in [-0.15, -0.1) is 0 Å². The van der Waals surface area contributed by atoms with E-state index in [0.717, 1.165) is 58.5 Å². The molecule has 30 heavy (non-hydrogen) atoms. The fraction of sp³-hybridized carbons (Fsp3) is 0.480. The van der Waals surface area contributed by atoms with Gasteiger partial charge in [0.05, 0.1) is 0 Å². The molecule has 5 heteroatoms. The number of para-hydroxylation sites is 1. The van der Waals surface area contributed by atoms with E-state index in [0.29, 0.717) is 5.92 Å². The number of amides is 2. The number of carbonyl (C=O) groups is 1. The molecule has 2 fully saturated rings. The maximum Gasteiger partial charge on any atom is 0.315 e. The average Bonchev–Trinajstić information content (AvgIpc) is 3.24. The standard InChI is InChI=1S/C25H34N4O/c1-20-6-5-7-21(16-20)18-28-13-11-23(12-14-28)27-25(30)26-17-22-10-15-29(19-22)24-8-3-2-4-9-24/h2-9,16,22-23H,10-15,17-19H2,1H3,(H2,26,27,30)/t22-/m1/s1. The zero-order valence-corrected chi connectivity index (χ0v) is 18.0. The third kappa shape index (κ3) is 5.76. The Morgan fingerprint density at radius 1 is 1.00 bits per heavy atom. The number of hydrogen-bond acceptors (Lipinski definition) is 3. The minimum atomic E-state index is -0.00899. The van der Waals surface area contributed by atoms with E-state index in [-0.39, 0.29) is 12.1 Å². The molecule has 5 nitrogen and oxygen atoms in total. The van der Waals surface area contributed by atoms with Gasteiger partial charge in [-0.2, -0.15) is 0 Å². The van der Waals surface area contributed by atoms with E-state index in [1.165, 1.54) is 16.8 Å². The number of nitrogens with zero attached hydrogens (tertiary/aromatic N) is 2. The molecule has 0 aromatic heterocycles. The second-order valence-electron chi connectivity index (χ2n) is 8.83. The first-order valence-corrected chi connectivity index (χ1v) is 11.3. The monoisotopic (exact) mass is 406 g/mol. The van der Waals surface area contributed by atoms with Crippen LogP contribution in [0.3, 0.4) is 0 Å². The molecule has 0 spiro atoms. The van der Waals surface area contributed by atoms with Gasteiger partial charge >= 0.3 is 6.03 Å². The highest BCUT2D eigenvalue weighted by molar-refractivity contribution is 5.74. The van der Waals surface area contributed by atoms with E-state index in [4.69, 9.17) is 0 Å². The molecule has 0 saturated carbocycles. The molecular formula is C25H34N4O. The zero-order chi connectivity index (χ0) is 20.8. The molecule has 2 aliphatic rings.